The number of nitrogens with two attached hydrogens (primary N) is 1. The van der Waals surface area contributed by atoms with E-state index < -0.39 is 11.7 Å². The molecule has 0 spiro atoms. The summed E-state index contributed by atoms with van der Waals surface area (Å²) in [6.45, 7) is 1.69. The SMILES string of the molecule is C#C[C@@]1(C)OC(c2cnn3c(N)ncnc23)CC1O. The van der Waals surface area contributed by atoms with Gasteiger partial charge in [-0.05, 0) is 6.92 Å². The lowest BCUT2D eigenvalue weighted by Gasteiger charge is -2.20. The second-order valence-corrected chi connectivity index (χ2v) is 4.68. The Labute approximate surface area is 109 Å². The number of nitrogens with zero attached hydrogens (tertiary/aromatic N) is 4. The predicted octanol–water partition coefficient (Wildman–Crippen LogP) is -0.0793. The number of anilines is 1. The van der Waals surface area contributed by atoms with Crippen LogP contribution in [0.25, 0.3) is 5.65 Å². The number of hydrogen-bond acceptors (Lipinski definition) is 6. The molecule has 2 aromatic heterocycles. The number of rotatable bonds is 1. The van der Waals surface area contributed by atoms with Crippen molar-refractivity contribution in [2.75, 3.05) is 5.73 Å². The molecule has 0 bridgehead atoms. The van der Waals surface area contributed by atoms with Gasteiger partial charge in [0.15, 0.2) is 11.2 Å². The summed E-state index contributed by atoms with van der Waals surface area (Å²) < 4.78 is 7.19. The predicted molar refractivity (Wildman–Crippen MR) is 66.9 cm³/mol. The monoisotopic (exact) mass is 259 g/mol. The van der Waals surface area contributed by atoms with E-state index in [-0.39, 0.29) is 12.1 Å². The second-order valence-electron chi connectivity index (χ2n) is 4.68. The van der Waals surface area contributed by atoms with E-state index in [9.17, 15) is 5.11 Å². The molecule has 3 heterocycles. The molecule has 0 radical (unpaired) electrons. The Morgan fingerprint density at radius 3 is 3.11 bits per heavy atom. The average Bonchev–Trinajstić information content (AvgIpc) is 2.94. The van der Waals surface area contributed by atoms with E-state index in [1.54, 1.807) is 13.1 Å². The Morgan fingerprint density at radius 1 is 1.63 bits per heavy atom. The first kappa shape index (κ1) is 11.9. The zero-order chi connectivity index (χ0) is 13.6. The van der Waals surface area contributed by atoms with Crippen LogP contribution in [0, 0.1) is 12.3 Å². The maximum Gasteiger partial charge on any atom is 0.224 e. The van der Waals surface area contributed by atoms with Gasteiger partial charge in [-0.15, -0.1) is 6.42 Å². The molecule has 0 amide bonds. The highest BCUT2D eigenvalue weighted by Crippen LogP contribution is 2.40. The number of aliphatic hydroxyl groups is 1. The van der Waals surface area contributed by atoms with E-state index in [0.29, 0.717) is 12.1 Å². The molecule has 0 aromatic carbocycles. The molecule has 1 aliphatic rings. The first-order chi connectivity index (χ1) is 9.05. The largest absolute Gasteiger partial charge is 0.389 e. The summed E-state index contributed by atoms with van der Waals surface area (Å²) in [7, 11) is 0. The van der Waals surface area contributed by atoms with Crippen LogP contribution in [0.5, 0.6) is 0 Å². The van der Waals surface area contributed by atoms with Gasteiger partial charge in [-0.3, -0.25) is 0 Å². The van der Waals surface area contributed by atoms with Gasteiger partial charge in [-0.25, -0.2) is 9.97 Å². The highest BCUT2D eigenvalue weighted by Gasteiger charge is 2.44. The van der Waals surface area contributed by atoms with E-state index in [1.807, 2.05) is 0 Å². The van der Waals surface area contributed by atoms with Crippen LogP contribution in [-0.2, 0) is 4.74 Å². The molecule has 2 unspecified atom stereocenters. The highest BCUT2D eigenvalue weighted by molar-refractivity contribution is 5.50. The minimum Gasteiger partial charge on any atom is -0.389 e. The van der Waals surface area contributed by atoms with Crippen LogP contribution < -0.4 is 5.73 Å². The number of aliphatic hydroxyl groups excluding tert-OH is 1. The summed E-state index contributed by atoms with van der Waals surface area (Å²) in [5.74, 6) is 2.73. The molecule has 0 aliphatic carbocycles. The molecule has 98 valence electrons. The third-order valence-electron chi connectivity index (χ3n) is 3.45. The van der Waals surface area contributed by atoms with Crippen molar-refractivity contribution >= 4 is 11.6 Å². The molecule has 1 fully saturated rings. The number of hydrogen-bond donors (Lipinski definition) is 2. The van der Waals surface area contributed by atoms with Crippen molar-refractivity contribution < 1.29 is 9.84 Å². The van der Waals surface area contributed by atoms with Gasteiger partial charge in [0, 0.05) is 12.0 Å². The quantitative estimate of drug-likeness (QED) is 0.695. The molecule has 1 aliphatic heterocycles. The third kappa shape index (κ3) is 1.65. The maximum atomic E-state index is 9.99. The van der Waals surface area contributed by atoms with E-state index in [0.717, 1.165) is 5.56 Å². The first-order valence-corrected chi connectivity index (χ1v) is 5.83. The number of fused-ring (bicyclic) bond motifs is 1. The summed E-state index contributed by atoms with van der Waals surface area (Å²) in [6.07, 6.45) is 7.69. The minimum atomic E-state index is -0.989. The van der Waals surface area contributed by atoms with Gasteiger partial charge in [-0.1, -0.05) is 5.92 Å². The van der Waals surface area contributed by atoms with E-state index in [2.05, 4.69) is 21.0 Å². The first-order valence-electron chi connectivity index (χ1n) is 5.83. The second kappa shape index (κ2) is 3.91. The van der Waals surface area contributed by atoms with Gasteiger partial charge in [0.2, 0.25) is 5.95 Å². The summed E-state index contributed by atoms with van der Waals surface area (Å²) in [4.78, 5) is 7.99. The Hall–Kier alpha value is -2.17. The van der Waals surface area contributed by atoms with Crippen LogP contribution in [0.4, 0.5) is 5.95 Å². The summed E-state index contributed by atoms with van der Waals surface area (Å²) in [5, 5.41) is 14.1. The summed E-state index contributed by atoms with van der Waals surface area (Å²) in [6, 6.07) is 0. The van der Waals surface area contributed by atoms with Gasteiger partial charge in [0.1, 0.15) is 6.33 Å². The summed E-state index contributed by atoms with van der Waals surface area (Å²) >= 11 is 0. The Bertz CT molecular complexity index is 676. The van der Waals surface area contributed by atoms with Crippen molar-refractivity contribution in [3.8, 4) is 12.3 Å². The lowest BCUT2D eigenvalue weighted by Crippen LogP contribution is -2.33. The Balaban J connectivity index is 2.04. The molecule has 3 atom stereocenters. The zero-order valence-electron chi connectivity index (χ0n) is 10.3. The van der Waals surface area contributed by atoms with Crippen LogP contribution in [0.1, 0.15) is 25.0 Å². The van der Waals surface area contributed by atoms with Gasteiger partial charge >= 0.3 is 0 Å². The fourth-order valence-electron chi connectivity index (χ4n) is 2.25. The molecular formula is C12H13N5O2. The number of terminal acetylenes is 1. The van der Waals surface area contributed by atoms with Crippen LogP contribution in [0.3, 0.4) is 0 Å². The van der Waals surface area contributed by atoms with E-state index in [1.165, 1.54) is 10.8 Å². The lowest BCUT2D eigenvalue weighted by atomic mass is 9.99. The van der Waals surface area contributed by atoms with Gasteiger partial charge in [0.05, 0.1) is 18.4 Å². The number of nitrogen functional groups attached to an aromatic ring is 1. The normalized spacial score (nSPS) is 30.6. The minimum absolute atomic E-state index is 0.245. The van der Waals surface area contributed by atoms with Crippen LogP contribution in [0.15, 0.2) is 12.5 Å². The van der Waals surface area contributed by atoms with Crippen molar-refractivity contribution in [1.82, 2.24) is 19.6 Å². The molecule has 3 N–H and O–H groups in total. The Morgan fingerprint density at radius 2 is 2.42 bits per heavy atom. The molecule has 1 saturated heterocycles. The van der Waals surface area contributed by atoms with Crippen LogP contribution in [0.2, 0.25) is 0 Å². The Kier molecular flexibility index (Phi) is 2.45. The zero-order valence-corrected chi connectivity index (χ0v) is 10.3. The van der Waals surface area contributed by atoms with Crippen molar-refractivity contribution in [3.63, 3.8) is 0 Å². The van der Waals surface area contributed by atoms with Crippen molar-refractivity contribution in [1.29, 1.82) is 0 Å². The van der Waals surface area contributed by atoms with Gasteiger partial charge in [0.25, 0.3) is 0 Å². The number of ether oxygens (including phenoxy) is 1. The van der Waals surface area contributed by atoms with E-state index in [4.69, 9.17) is 16.9 Å². The molecule has 7 nitrogen and oxygen atoms in total. The van der Waals surface area contributed by atoms with Crippen molar-refractivity contribution in [3.05, 3.63) is 18.1 Å². The number of aromatic nitrogens is 4. The third-order valence-corrected chi connectivity index (χ3v) is 3.45. The average molecular weight is 259 g/mol. The van der Waals surface area contributed by atoms with Crippen molar-refractivity contribution in [2.45, 2.75) is 31.2 Å². The molecule has 2 aromatic rings. The fraction of sp³-hybridized carbons (Fsp3) is 0.417. The van der Waals surface area contributed by atoms with Gasteiger partial charge < -0.3 is 15.6 Å². The van der Waals surface area contributed by atoms with Crippen molar-refractivity contribution in [2.24, 2.45) is 0 Å². The smallest absolute Gasteiger partial charge is 0.224 e. The van der Waals surface area contributed by atoms with E-state index >= 15 is 0 Å². The molecule has 3 rings (SSSR count). The molecule has 19 heavy (non-hydrogen) atoms. The van der Waals surface area contributed by atoms with Crippen LogP contribution >= 0.6 is 0 Å². The van der Waals surface area contributed by atoms with Gasteiger partial charge in [-0.2, -0.15) is 9.61 Å². The molecule has 7 heteroatoms. The molecule has 0 saturated carbocycles. The lowest BCUT2D eigenvalue weighted by molar-refractivity contribution is -0.0283. The standard InChI is InChI=1S/C12H13N5O2/c1-3-12(2)9(18)4-8(19-12)7-5-16-17-10(7)14-6-15-11(17)13/h1,5-6,8-9,18H,4H2,2H3,(H2,13,14,15)/t8?,9?,12-/m1/s1. The maximum absolute atomic E-state index is 9.99. The molecular weight excluding hydrogens is 246 g/mol. The summed E-state index contributed by atoms with van der Waals surface area (Å²) in [5.41, 5.74) is 6.02. The fourth-order valence-corrected chi connectivity index (χ4v) is 2.25. The highest BCUT2D eigenvalue weighted by atomic mass is 16.5. The topological polar surface area (TPSA) is 98.6 Å². The van der Waals surface area contributed by atoms with Crippen LogP contribution in [-0.4, -0.2) is 36.4 Å².